The second kappa shape index (κ2) is 7.41. The number of urea groups is 1. The van der Waals surface area contributed by atoms with Crippen LogP contribution in [0.15, 0.2) is 24.3 Å². The van der Waals surface area contributed by atoms with Gasteiger partial charge < -0.3 is 15.7 Å². The number of amides is 2. The summed E-state index contributed by atoms with van der Waals surface area (Å²) in [4.78, 5) is 22.2. The first-order chi connectivity index (χ1) is 9.02. The number of carboxylic acids is 1. The van der Waals surface area contributed by atoms with Crippen molar-refractivity contribution in [1.82, 2.24) is 10.6 Å². The van der Waals surface area contributed by atoms with Crippen LogP contribution in [0.2, 0.25) is 0 Å². The van der Waals surface area contributed by atoms with Gasteiger partial charge in [-0.2, -0.15) is 0 Å². The molecule has 104 valence electrons. The molecule has 1 aromatic carbocycles. The van der Waals surface area contributed by atoms with Gasteiger partial charge in [0.25, 0.3) is 0 Å². The summed E-state index contributed by atoms with van der Waals surface area (Å²) in [6.07, 6.45) is 1.08. The van der Waals surface area contributed by atoms with E-state index < -0.39 is 18.0 Å². The van der Waals surface area contributed by atoms with Gasteiger partial charge in [-0.05, 0) is 25.3 Å². The van der Waals surface area contributed by atoms with Gasteiger partial charge in [0.15, 0.2) is 0 Å². The molecule has 0 spiro atoms. The standard InChI is InChI=1S/C14H20N2O3/c1-3-12(13(17)18)16-14(19)15-8-7-11-6-4-5-10(2)9-11/h4-6,9,12H,3,7-8H2,1-2H3,(H,17,18)(H2,15,16,19)/t12-/m1/s1. The van der Waals surface area contributed by atoms with Crippen molar-refractivity contribution in [2.75, 3.05) is 6.54 Å². The van der Waals surface area contributed by atoms with Crippen LogP contribution in [-0.4, -0.2) is 29.7 Å². The summed E-state index contributed by atoms with van der Waals surface area (Å²) in [7, 11) is 0. The molecule has 0 fully saturated rings. The number of rotatable bonds is 6. The average molecular weight is 264 g/mol. The van der Waals surface area contributed by atoms with Gasteiger partial charge >= 0.3 is 12.0 Å². The minimum Gasteiger partial charge on any atom is -0.480 e. The summed E-state index contributed by atoms with van der Waals surface area (Å²) in [5, 5.41) is 13.9. The number of hydrogen-bond donors (Lipinski definition) is 3. The molecule has 0 bridgehead atoms. The number of nitrogens with one attached hydrogen (secondary N) is 2. The fourth-order valence-corrected chi connectivity index (χ4v) is 1.74. The molecule has 1 aromatic rings. The molecule has 0 aliphatic carbocycles. The number of aryl methyl sites for hydroxylation is 1. The molecule has 5 heteroatoms. The number of hydrogen-bond acceptors (Lipinski definition) is 2. The van der Waals surface area contributed by atoms with Crippen LogP contribution in [0, 0.1) is 6.92 Å². The average Bonchev–Trinajstić information content (AvgIpc) is 2.35. The van der Waals surface area contributed by atoms with Crippen molar-refractivity contribution < 1.29 is 14.7 Å². The third-order valence-electron chi connectivity index (χ3n) is 2.79. The molecule has 19 heavy (non-hydrogen) atoms. The molecule has 0 unspecified atom stereocenters. The third-order valence-corrected chi connectivity index (χ3v) is 2.79. The molecule has 5 nitrogen and oxygen atoms in total. The Hall–Kier alpha value is -2.04. The van der Waals surface area contributed by atoms with E-state index >= 15 is 0 Å². The summed E-state index contributed by atoms with van der Waals surface area (Å²) < 4.78 is 0. The molecule has 0 heterocycles. The van der Waals surface area contributed by atoms with Crippen LogP contribution in [0.25, 0.3) is 0 Å². The zero-order chi connectivity index (χ0) is 14.3. The summed E-state index contributed by atoms with van der Waals surface area (Å²) >= 11 is 0. The van der Waals surface area contributed by atoms with E-state index in [1.807, 2.05) is 25.1 Å². The SMILES string of the molecule is CC[C@@H](NC(=O)NCCc1cccc(C)c1)C(=O)O. The van der Waals surface area contributed by atoms with Crippen LogP contribution >= 0.6 is 0 Å². The predicted molar refractivity (Wildman–Crippen MR) is 73.1 cm³/mol. The number of carbonyl (C=O) groups excluding carboxylic acids is 1. The predicted octanol–water partition coefficient (Wildman–Crippen LogP) is 1.70. The summed E-state index contributed by atoms with van der Waals surface area (Å²) in [6.45, 7) is 4.21. The van der Waals surface area contributed by atoms with Crippen molar-refractivity contribution in [2.45, 2.75) is 32.7 Å². The number of carboxylic acid groups (broad SMARTS) is 1. The zero-order valence-corrected chi connectivity index (χ0v) is 11.3. The lowest BCUT2D eigenvalue weighted by molar-refractivity contribution is -0.139. The quantitative estimate of drug-likeness (QED) is 0.731. The van der Waals surface area contributed by atoms with E-state index in [2.05, 4.69) is 16.7 Å². The van der Waals surface area contributed by atoms with E-state index in [1.165, 1.54) is 5.56 Å². The topological polar surface area (TPSA) is 78.4 Å². The maximum absolute atomic E-state index is 11.5. The Labute approximate surface area is 113 Å². The van der Waals surface area contributed by atoms with Gasteiger partial charge in [-0.1, -0.05) is 36.8 Å². The second-order valence-corrected chi connectivity index (χ2v) is 4.44. The van der Waals surface area contributed by atoms with E-state index in [9.17, 15) is 9.59 Å². The maximum atomic E-state index is 11.5. The molecule has 0 saturated heterocycles. The van der Waals surface area contributed by atoms with Crippen LogP contribution in [-0.2, 0) is 11.2 Å². The number of aliphatic carboxylic acids is 1. The zero-order valence-electron chi connectivity index (χ0n) is 11.3. The van der Waals surface area contributed by atoms with Crippen molar-refractivity contribution in [3.8, 4) is 0 Å². The normalized spacial score (nSPS) is 11.7. The second-order valence-electron chi connectivity index (χ2n) is 4.44. The van der Waals surface area contributed by atoms with Crippen molar-refractivity contribution in [3.05, 3.63) is 35.4 Å². The van der Waals surface area contributed by atoms with Gasteiger partial charge in [0.05, 0.1) is 0 Å². The lowest BCUT2D eigenvalue weighted by atomic mass is 10.1. The molecule has 2 amide bonds. The lowest BCUT2D eigenvalue weighted by Crippen LogP contribution is -2.46. The van der Waals surface area contributed by atoms with Gasteiger partial charge in [0, 0.05) is 6.54 Å². The van der Waals surface area contributed by atoms with Crippen LogP contribution in [0.1, 0.15) is 24.5 Å². The highest BCUT2D eigenvalue weighted by Crippen LogP contribution is 2.03. The molecular formula is C14H20N2O3. The minimum atomic E-state index is -1.02. The van der Waals surface area contributed by atoms with E-state index in [1.54, 1.807) is 6.92 Å². The van der Waals surface area contributed by atoms with E-state index in [-0.39, 0.29) is 0 Å². The monoisotopic (exact) mass is 264 g/mol. The molecule has 0 aliphatic heterocycles. The fraction of sp³-hybridized carbons (Fsp3) is 0.429. The van der Waals surface area contributed by atoms with E-state index in [0.717, 1.165) is 12.0 Å². The highest BCUT2D eigenvalue weighted by Gasteiger charge is 2.16. The Bertz CT molecular complexity index is 446. The van der Waals surface area contributed by atoms with E-state index in [4.69, 9.17) is 5.11 Å². The first-order valence-electron chi connectivity index (χ1n) is 6.35. The Morgan fingerprint density at radius 3 is 2.68 bits per heavy atom. The smallest absolute Gasteiger partial charge is 0.326 e. The van der Waals surface area contributed by atoms with Crippen molar-refractivity contribution in [1.29, 1.82) is 0 Å². The van der Waals surface area contributed by atoms with Gasteiger partial charge in [-0.15, -0.1) is 0 Å². The first kappa shape index (κ1) is 15.0. The fourth-order valence-electron chi connectivity index (χ4n) is 1.74. The minimum absolute atomic E-state index is 0.362. The highest BCUT2D eigenvalue weighted by atomic mass is 16.4. The van der Waals surface area contributed by atoms with Crippen molar-refractivity contribution in [3.63, 3.8) is 0 Å². The van der Waals surface area contributed by atoms with Crippen LogP contribution in [0.5, 0.6) is 0 Å². The van der Waals surface area contributed by atoms with E-state index in [0.29, 0.717) is 13.0 Å². The largest absolute Gasteiger partial charge is 0.480 e. The van der Waals surface area contributed by atoms with Gasteiger partial charge in [0.2, 0.25) is 0 Å². The Kier molecular flexibility index (Phi) is 5.85. The Morgan fingerprint density at radius 1 is 1.37 bits per heavy atom. The lowest BCUT2D eigenvalue weighted by Gasteiger charge is -2.13. The summed E-state index contributed by atoms with van der Waals surface area (Å²) in [5.74, 6) is -1.02. The molecule has 0 aromatic heterocycles. The number of benzene rings is 1. The third kappa shape index (κ3) is 5.42. The molecule has 1 rings (SSSR count). The van der Waals surface area contributed by atoms with Crippen LogP contribution in [0.4, 0.5) is 4.79 Å². The summed E-state index contributed by atoms with van der Waals surface area (Å²) in [5.41, 5.74) is 2.32. The molecule has 0 saturated carbocycles. The number of carbonyl (C=O) groups is 2. The van der Waals surface area contributed by atoms with Crippen molar-refractivity contribution in [2.24, 2.45) is 0 Å². The molecule has 1 atom stereocenters. The van der Waals surface area contributed by atoms with Crippen molar-refractivity contribution >= 4 is 12.0 Å². The first-order valence-corrected chi connectivity index (χ1v) is 6.35. The highest BCUT2D eigenvalue weighted by molar-refractivity contribution is 5.82. The maximum Gasteiger partial charge on any atom is 0.326 e. The molecular weight excluding hydrogens is 244 g/mol. The van der Waals surface area contributed by atoms with Crippen LogP contribution in [0.3, 0.4) is 0 Å². The Morgan fingerprint density at radius 2 is 2.11 bits per heavy atom. The molecule has 0 aliphatic rings. The Balaban J connectivity index is 2.33. The van der Waals surface area contributed by atoms with Gasteiger partial charge in [0.1, 0.15) is 6.04 Å². The summed E-state index contributed by atoms with van der Waals surface area (Å²) in [6, 6.07) is 6.77. The van der Waals surface area contributed by atoms with Gasteiger partial charge in [-0.25, -0.2) is 9.59 Å². The molecule has 0 radical (unpaired) electrons. The molecule has 3 N–H and O–H groups in total. The van der Waals surface area contributed by atoms with Crippen LogP contribution < -0.4 is 10.6 Å². The van der Waals surface area contributed by atoms with Gasteiger partial charge in [-0.3, -0.25) is 0 Å².